The average Bonchev–Trinajstić information content (AvgIpc) is 2.61. The number of nitrogens with zero attached hydrogens (tertiary/aromatic N) is 3. The molecule has 8 heteroatoms. The first kappa shape index (κ1) is 18.1. The Kier molecular flexibility index (Phi) is 5.35. The Morgan fingerprint density at radius 1 is 1.15 bits per heavy atom. The van der Waals surface area contributed by atoms with E-state index in [9.17, 15) is 9.59 Å². The Morgan fingerprint density at radius 3 is 2.54 bits per heavy atom. The maximum absolute atomic E-state index is 12.5. The highest BCUT2D eigenvalue weighted by molar-refractivity contribution is 6.35. The molecule has 0 radical (unpaired) electrons. The van der Waals surface area contributed by atoms with Crippen LogP contribution in [0.1, 0.15) is 13.0 Å². The van der Waals surface area contributed by atoms with Gasteiger partial charge in [0.1, 0.15) is 6.04 Å². The van der Waals surface area contributed by atoms with Crippen LogP contribution in [0.5, 0.6) is 0 Å². The molecule has 2 aromatic heterocycles. The summed E-state index contributed by atoms with van der Waals surface area (Å²) in [7, 11) is 0. The monoisotopic (exact) mass is 388 g/mol. The molecule has 1 N–H and O–H groups in total. The lowest BCUT2D eigenvalue weighted by Crippen LogP contribution is -2.33. The number of anilines is 1. The van der Waals surface area contributed by atoms with Crippen molar-refractivity contribution in [2.45, 2.75) is 13.0 Å². The van der Waals surface area contributed by atoms with Crippen LogP contribution in [0.25, 0.3) is 11.3 Å². The van der Waals surface area contributed by atoms with Gasteiger partial charge in [-0.1, -0.05) is 23.2 Å². The van der Waals surface area contributed by atoms with Gasteiger partial charge in [-0.25, -0.2) is 4.68 Å². The van der Waals surface area contributed by atoms with Crippen LogP contribution in [0.15, 0.2) is 59.7 Å². The molecule has 0 saturated carbocycles. The van der Waals surface area contributed by atoms with Crippen LogP contribution < -0.4 is 10.9 Å². The lowest BCUT2D eigenvalue weighted by Gasteiger charge is -2.15. The molecule has 26 heavy (non-hydrogen) atoms. The fraction of sp³-hybridized carbons (Fsp3) is 0.111. The van der Waals surface area contributed by atoms with E-state index in [0.717, 1.165) is 10.2 Å². The molecule has 1 atom stereocenters. The SMILES string of the molecule is CC(C(=O)Nc1cc(Cl)cc(Cl)c1)n1nc(-c2cccnc2)ccc1=O. The zero-order chi connectivity index (χ0) is 18.7. The summed E-state index contributed by atoms with van der Waals surface area (Å²) >= 11 is 11.9. The number of amides is 1. The van der Waals surface area contributed by atoms with Crippen molar-refractivity contribution in [1.82, 2.24) is 14.8 Å². The standard InChI is InChI=1S/C18H14Cl2N4O2/c1-11(18(26)22-15-8-13(19)7-14(20)9-15)24-17(25)5-4-16(23-24)12-3-2-6-21-10-12/h2-11H,1H3,(H,22,26). The summed E-state index contributed by atoms with van der Waals surface area (Å²) < 4.78 is 1.13. The molecule has 1 amide bonds. The summed E-state index contributed by atoms with van der Waals surface area (Å²) in [5.41, 5.74) is 1.35. The first-order chi connectivity index (χ1) is 12.4. The van der Waals surface area contributed by atoms with Gasteiger partial charge < -0.3 is 5.32 Å². The number of carbonyl (C=O) groups excluding carboxylic acids is 1. The van der Waals surface area contributed by atoms with Crippen molar-refractivity contribution in [2.75, 3.05) is 5.32 Å². The maximum atomic E-state index is 12.5. The second-order valence-electron chi connectivity index (χ2n) is 5.57. The van der Waals surface area contributed by atoms with Crippen LogP contribution in [0.3, 0.4) is 0 Å². The van der Waals surface area contributed by atoms with E-state index in [1.807, 2.05) is 6.07 Å². The van der Waals surface area contributed by atoms with Gasteiger partial charge in [0.2, 0.25) is 5.91 Å². The molecule has 0 bridgehead atoms. The molecule has 1 unspecified atom stereocenters. The summed E-state index contributed by atoms with van der Waals surface area (Å²) in [6.45, 7) is 1.59. The summed E-state index contributed by atoms with van der Waals surface area (Å²) in [4.78, 5) is 28.7. The molecule has 0 aliphatic carbocycles. The lowest BCUT2D eigenvalue weighted by atomic mass is 10.2. The van der Waals surface area contributed by atoms with Gasteiger partial charge >= 0.3 is 0 Å². The summed E-state index contributed by atoms with van der Waals surface area (Å²) in [6, 6.07) is 10.4. The fourth-order valence-electron chi connectivity index (χ4n) is 2.35. The minimum Gasteiger partial charge on any atom is -0.324 e. The zero-order valence-corrected chi connectivity index (χ0v) is 15.2. The van der Waals surface area contributed by atoms with Crippen molar-refractivity contribution in [3.63, 3.8) is 0 Å². The average molecular weight is 389 g/mol. The third kappa shape index (κ3) is 4.09. The van der Waals surface area contributed by atoms with Gasteiger partial charge in [0.05, 0.1) is 5.69 Å². The van der Waals surface area contributed by atoms with Crippen molar-refractivity contribution >= 4 is 34.8 Å². The van der Waals surface area contributed by atoms with E-state index >= 15 is 0 Å². The number of aromatic nitrogens is 3. The largest absolute Gasteiger partial charge is 0.324 e. The van der Waals surface area contributed by atoms with E-state index in [2.05, 4.69) is 15.4 Å². The summed E-state index contributed by atoms with van der Waals surface area (Å²) in [5, 5.41) is 7.77. The van der Waals surface area contributed by atoms with E-state index in [-0.39, 0.29) is 5.56 Å². The molecule has 3 rings (SSSR count). The second kappa shape index (κ2) is 7.68. The summed E-state index contributed by atoms with van der Waals surface area (Å²) in [5.74, 6) is -0.415. The molecule has 1 aromatic carbocycles. The molecule has 0 spiro atoms. The fourth-order valence-corrected chi connectivity index (χ4v) is 2.88. The molecule has 0 aliphatic heterocycles. The van der Waals surface area contributed by atoms with E-state index in [1.165, 1.54) is 6.07 Å². The highest BCUT2D eigenvalue weighted by Gasteiger charge is 2.18. The number of halogens is 2. The normalized spacial score (nSPS) is 11.8. The van der Waals surface area contributed by atoms with Gasteiger partial charge in [0, 0.05) is 39.8 Å². The molecule has 2 heterocycles. The molecule has 132 valence electrons. The molecular weight excluding hydrogens is 375 g/mol. The Bertz CT molecular complexity index is 985. The first-order valence-corrected chi connectivity index (χ1v) is 8.47. The Morgan fingerprint density at radius 2 is 1.88 bits per heavy atom. The van der Waals surface area contributed by atoms with E-state index in [1.54, 1.807) is 49.6 Å². The van der Waals surface area contributed by atoms with Crippen molar-refractivity contribution in [3.05, 3.63) is 75.3 Å². The smallest absolute Gasteiger partial charge is 0.267 e. The maximum Gasteiger partial charge on any atom is 0.267 e. The first-order valence-electron chi connectivity index (χ1n) is 7.71. The van der Waals surface area contributed by atoms with Crippen LogP contribution in [-0.4, -0.2) is 20.7 Å². The van der Waals surface area contributed by atoms with E-state index in [0.29, 0.717) is 21.4 Å². The van der Waals surface area contributed by atoms with Crippen LogP contribution in [-0.2, 0) is 4.79 Å². The van der Waals surface area contributed by atoms with Crippen molar-refractivity contribution < 1.29 is 4.79 Å². The Balaban J connectivity index is 1.88. The van der Waals surface area contributed by atoms with Gasteiger partial charge in [-0.05, 0) is 43.3 Å². The van der Waals surface area contributed by atoms with Crippen LogP contribution in [0.4, 0.5) is 5.69 Å². The highest BCUT2D eigenvalue weighted by Crippen LogP contribution is 2.23. The second-order valence-corrected chi connectivity index (χ2v) is 6.44. The van der Waals surface area contributed by atoms with Crippen LogP contribution >= 0.6 is 23.2 Å². The molecule has 3 aromatic rings. The minimum absolute atomic E-state index is 0.385. The number of hydrogen-bond donors (Lipinski definition) is 1. The number of pyridine rings is 1. The Hall–Kier alpha value is -2.70. The van der Waals surface area contributed by atoms with E-state index < -0.39 is 11.9 Å². The molecular formula is C18H14Cl2N4O2. The van der Waals surface area contributed by atoms with Gasteiger partial charge in [-0.15, -0.1) is 0 Å². The minimum atomic E-state index is -0.836. The topological polar surface area (TPSA) is 76.9 Å². The number of carbonyl (C=O) groups is 1. The Labute approximate surface area is 159 Å². The van der Waals surface area contributed by atoms with Crippen molar-refractivity contribution in [1.29, 1.82) is 0 Å². The third-order valence-corrected chi connectivity index (χ3v) is 4.10. The lowest BCUT2D eigenvalue weighted by molar-refractivity contribution is -0.119. The predicted octanol–water partition coefficient (Wildman–Crippen LogP) is 3.81. The van der Waals surface area contributed by atoms with Gasteiger partial charge in [-0.3, -0.25) is 14.6 Å². The number of rotatable bonds is 4. The van der Waals surface area contributed by atoms with Crippen LogP contribution in [0, 0.1) is 0 Å². The van der Waals surface area contributed by atoms with E-state index in [4.69, 9.17) is 23.2 Å². The quantitative estimate of drug-likeness (QED) is 0.736. The molecule has 0 saturated heterocycles. The van der Waals surface area contributed by atoms with Gasteiger partial charge in [-0.2, -0.15) is 5.10 Å². The highest BCUT2D eigenvalue weighted by atomic mass is 35.5. The number of benzene rings is 1. The summed E-state index contributed by atoms with van der Waals surface area (Å²) in [6.07, 6.45) is 3.28. The van der Waals surface area contributed by atoms with Gasteiger partial charge in [0.15, 0.2) is 0 Å². The number of hydrogen-bond acceptors (Lipinski definition) is 4. The van der Waals surface area contributed by atoms with Crippen molar-refractivity contribution in [3.8, 4) is 11.3 Å². The zero-order valence-electron chi connectivity index (χ0n) is 13.7. The molecule has 0 fully saturated rings. The molecule has 0 aliphatic rings. The predicted molar refractivity (Wildman–Crippen MR) is 102 cm³/mol. The van der Waals surface area contributed by atoms with Crippen molar-refractivity contribution in [2.24, 2.45) is 0 Å². The van der Waals surface area contributed by atoms with Gasteiger partial charge in [0.25, 0.3) is 5.56 Å². The third-order valence-electron chi connectivity index (χ3n) is 3.66. The number of nitrogens with one attached hydrogen (secondary N) is 1. The van der Waals surface area contributed by atoms with Crippen LogP contribution in [0.2, 0.25) is 10.0 Å². The molecule has 6 nitrogen and oxygen atoms in total.